The first-order valence-corrected chi connectivity index (χ1v) is 11.7. The number of nitrogens with two attached hydrogens (primary N) is 1. The number of hydrogen-bond acceptors (Lipinski definition) is 4. The molecule has 2 aromatic carbocycles. The topological polar surface area (TPSA) is 110 Å². The normalized spacial score (nSPS) is 15.3. The number of benzene rings is 2. The van der Waals surface area contributed by atoms with Gasteiger partial charge in [-0.2, -0.15) is 0 Å². The summed E-state index contributed by atoms with van der Waals surface area (Å²) in [7, 11) is -3.77. The Morgan fingerprint density at radius 2 is 1.77 bits per heavy atom. The van der Waals surface area contributed by atoms with Crippen LogP contribution in [0.25, 0.3) is 6.08 Å². The summed E-state index contributed by atoms with van der Waals surface area (Å²) in [6.07, 6.45) is 4.46. The standard InChI is InChI=1S/C21H22BrN3O4S/c22-17-3-1-2-15(14-17)4-9-20(26)25-12-10-16(11-13-25)21(27)24-18-5-7-19(8-6-18)30(23,28)29/h1-9,14,16H,10-13H2,(H,24,27)(H2,23,28,29). The lowest BCUT2D eigenvalue weighted by molar-refractivity contribution is -0.130. The van der Waals surface area contributed by atoms with E-state index in [4.69, 9.17) is 5.14 Å². The van der Waals surface area contributed by atoms with Gasteiger partial charge in [-0.15, -0.1) is 0 Å². The third-order valence-corrected chi connectivity index (χ3v) is 6.32. The number of anilines is 1. The molecule has 0 aromatic heterocycles. The quantitative estimate of drug-likeness (QED) is 0.626. The molecule has 2 amide bonds. The molecule has 3 N–H and O–H groups in total. The molecule has 7 nitrogen and oxygen atoms in total. The van der Waals surface area contributed by atoms with Crippen molar-refractivity contribution in [2.24, 2.45) is 11.1 Å². The van der Waals surface area contributed by atoms with Crippen LogP contribution in [0.15, 0.2) is 64.0 Å². The van der Waals surface area contributed by atoms with Crippen LogP contribution in [0.1, 0.15) is 18.4 Å². The predicted molar refractivity (Wildman–Crippen MR) is 119 cm³/mol. The smallest absolute Gasteiger partial charge is 0.246 e. The molecule has 1 aliphatic heterocycles. The monoisotopic (exact) mass is 491 g/mol. The van der Waals surface area contributed by atoms with Gasteiger partial charge in [0, 0.05) is 35.2 Å². The molecule has 0 unspecified atom stereocenters. The lowest BCUT2D eigenvalue weighted by Gasteiger charge is -2.30. The van der Waals surface area contributed by atoms with Gasteiger partial charge in [-0.05, 0) is 60.9 Å². The van der Waals surface area contributed by atoms with Crippen molar-refractivity contribution in [3.05, 3.63) is 64.6 Å². The number of sulfonamides is 1. The SMILES string of the molecule is NS(=O)(=O)c1ccc(NC(=O)C2CCN(C(=O)C=Cc3cccc(Br)c3)CC2)cc1. The Bertz CT molecular complexity index is 1060. The van der Waals surface area contributed by atoms with Crippen LogP contribution in [0.4, 0.5) is 5.69 Å². The molecule has 30 heavy (non-hydrogen) atoms. The van der Waals surface area contributed by atoms with Gasteiger partial charge in [0.25, 0.3) is 0 Å². The molecule has 1 heterocycles. The molecule has 1 fully saturated rings. The van der Waals surface area contributed by atoms with Crippen molar-refractivity contribution in [2.45, 2.75) is 17.7 Å². The van der Waals surface area contributed by atoms with E-state index in [1.54, 1.807) is 17.1 Å². The second-order valence-electron chi connectivity index (χ2n) is 7.05. The van der Waals surface area contributed by atoms with Crippen molar-refractivity contribution < 1.29 is 18.0 Å². The van der Waals surface area contributed by atoms with E-state index < -0.39 is 10.0 Å². The number of nitrogens with zero attached hydrogens (tertiary/aromatic N) is 1. The maximum atomic E-state index is 12.5. The fourth-order valence-corrected chi connectivity index (χ4v) is 4.15. The third-order valence-electron chi connectivity index (χ3n) is 4.89. The molecule has 158 valence electrons. The van der Waals surface area contributed by atoms with Crippen LogP contribution in [0.5, 0.6) is 0 Å². The van der Waals surface area contributed by atoms with Gasteiger partial charge in [-0.3, -0.25) is 9.59 Å². The van der Waals surface area contributed by atoms with Crippen LogP contribution in [0.3, 0.4) is 0 Å². The van der Waals surface area contributed by atoms with Gasteiger partial charge >= 0.3 is 0 Å². The molecule has 1 aliphatic rings. The van der Waals surface area contributed by atoms with E-state index in [1.807, 2.05) is 24.3 Å². The molecule has 1 saturated heterocycles. The Morgan fingerprint density at radius 3 is 2.37 bits per heavy atom. The van der Waals surface area contributed by atoms with Crippen molar-refractivity contribution in [1.29, 1.82) is 0 Å². The summed E-state index contributed by atoms with van der Waals surface area (Å²) < 4.78 is 23.5. The molecule has 9 heteroatoms. The number of hydrogen-bond donors (Lipinski definition) is 2. The van der Waals surface area contributed by atoms with Crippen LogP contribution in [-0.4, -0.2) is 38.2 Å². The third kappa shape index (κ3) is 6.01. The van der Waals surface area contributed by atoms with E-state index in [1.165, 1.54) is 24.3 Å². The minimum atomic E-state index is -3.77. The van der Waals surface area contributed by atoms with E-state index in [9.17, 15) is 18.0 Å². The Balaban J connectivity index is 1.51. The van der Waals surface area contributed by atoms with Crippen molar-refractivity contribution >= 4 is 49.5 Å². The Labute approximate surface area is 184 Å². The van der Waals surface area contributed by atoms with Gasteiger partial charge in [0.05, 0.1) is 4.90 Å². The summed E-state index contributed by atoms with van der Waals surface area (Å²) >= 11 is 3.40. The number of likely N-dealkylation sites (tertiary alicyclic amines) is 1. The van der Waals surface area contributed by atoms with Crippen LogP contribution in [-0.2, 0) is 19.6 Å². The van der Waals surface area contributed by atoms with Crippen molar-refractivity contribution in [3.63, 3.8) is 0 Å². The summed E-state index contributed by atoms with van der Waals surface area (Å²) in [5, 5.41) is 7.86. The molecule has 0 aliphatic carbocycles. The average molecular weight is 492 g/mol. The number of nitrogens with one attached hydrogen (secondary N) is 1. The minimum Gasteiger partial charge on any atom is -0.339 e. The fraction of sp³-hybridized carbons (Fsp3) is 0.238. The summed E-state index contributed by atoms with van der Waals surface area (Å²) in [5.41, 5.74) is 1.43. The zero-order valence-corrected chi connectivity index (χ0v) is 18.5. The number of piperidine rings is 1. The number of primary sulfonamides is 1. The van der Waals surface area contributed by atoms with Gasteiger partial charge in [0.1, 0.15) is 0 Å². The molecule has 0 bridgehead atoms. The molecule has 0 radical (unpaired) electrons. The van der Waals surface area contributed by atoms with Gasteiger partial charge in [0.15, 0.2) is 0 Å². The van der Waals surface area contributed by atoms with E-state index in [2.05, 4.69) is 21.2 Å². The van der Waals surface area contributed by atoms with Crippen molar-refractivity contribution in [3.8, 4) is 0 Å². The lowest BCUT2D eigenvalue weighted by Crippen LogP contribution is -2.40. The number of carbonyl (C=O) groups is 2. The van der Waals surface area contributed by atoms with E-state index in [-0.39, 0.29) is 22.6 Å². The summed E-state index contributed by atoms with van der Waals surface area (Å²) in [6.45, 7) is 1.01. The second-order valence-corrected chi connectivity index (χ2v) is 9.52. The molecular formula is C21H22BrN3O4S. The summed E-state index contributed by atoms with van der Waals surface area (Å²) in [5.74, 6) is -0.427. The molecule has 0 saturated carbocycles. The summed E-state index contributed by atoms with van der Waals surface area (Å²) in [6, 6.07) is 13.4. The molecule has 2 aromatic rings. The first kappa shape index (κ1) is 22.2. The fourth-order valence-electron chi connectivity index (χ4n) is 3.22. The van der Waals surface area contributed by atoms with E-state index >= 15 is 0 Å². The number of halogens is 1. The highest BCUT2D eigenvalue weighted by molar-refractivity contribution is 9.10. The highest BCUT2D eigenvalue weighted by atomic mass is 79.9. The highest BCUT2D eigenvalue weighted by Crippen LogP contribution is 2.21. The van der Waals surface area contributed by atoms with Crippen LogP contribution >= 0.6 is 15.9 Å². The van der Waals surface area contributed by atoms with Crippen molar-refractivity contribution in [1.82, 2.24) is 4.90 Å². The maximum Gasteiger partial charge on any atom is 0.246 e. The zero-order valence-electron chi connectivity index (χ0n) is 16.1. The van der Waals surface area contributed by atoms with Gasteiger partial charge in [-0.25, -0.2) is 13.6 Å². The zero-order chi connectivity index (χ0) is 21.7. The second kappa shape index (κ2) is 9.55. The van der Waals surface area contributed by atoms with E-state index in [0.717, 1.165) is 10.0 Å². The molecule has 0 atom stereocenters. The van der Waals surface area contributed by atoms with E-state index in [0.29, 0.717) is 31.6 Å². The van der Waals surface area contributed by atoms with Gasteiger partial charge in [-0.1, -0.05) is 28.1 Å². The first-order chi connectivity index (χ1) is 14.2. The Hall–Kier alpha value is -2.49. The minimum absolute atomic E-state index is 0.0109. The average Bonchev–Trinajstić information content (AvgIpc) is 2.72. The first-order valence-electron chi connectivity index (χ1n) is 9.39. The number of rotatable bonds is 5. The van der Waals surface area contributed by atoms with Crippen molar-refractivity contribution in [2.75, 3.05) is 18.4 Å². The highest BCUT2D eigenvalue weighted by Gasteiger charge is 2.26. The van der Waals surface area contributed by atoms with Crippen LogP contribution in [0, 0.1) is 5.92 Å². The maximum absolute atomic E-state index is 12.5. The van der Waals surface area contributed by atoms with Gasteiger partial charge in [0.2, 0.25) is 21.8 Å². The lowest BCUT2D eigenvalue weighted by atomic mass is 9.95. The predicted octanol–water partition coefficient (Wildman–Crippen LogP) is 2.99. The van der Waals surface area contributed by atoms with Gasteiger partial charge < -0.3 is 10.2 Å². The molecule has 3 rings (SSSR count). The Morgan fingerprint density at radius 1 is 1.10 bits per heavy atom. The van der Waals surface area contributed by atoms with Crippen LogP contribution in [0.2, 0.25) is 0 Å². The molecule has 0 spiro atoms. The molecular weight excluding hydrogens is 470 g/mol. The van der Waals surface area contributed by atoms with Crippen LogP contribution < -0.4 is 10.5 Å². The largest absolute Gasteiger partial charge is 0.339 e. The number of carbonyl (C=O) groups excluding carboxylic acids is 2. The number of amides is 2. The Kier molecular flexibility index (Phi) is 7.06. The summed E-state index contributed by atoms with van der Waals surface area (Å²) in [4.78, 5) is 26.6.